The Morgan fingerprint density at radius 3 is 2.30 bits per heavy atom. The molecule has 0 atom stereocenters. The smallest absolute Gasteiger partial charge is 0.0712 e. The summed E-state index contributed by atoms with van der Waals surface area (Å²) in [7, 11) is 0. The summed E-state index contributed by atoms with van der Waals surface area (Å²) in [6, 6.07) is 8.13. The van der Waals surface area contributed by atoms with E-state index in [1.54, 1.807) is 0 Å². The lowest BCUT2D eigenvalue weighted by Gasteiger charge is -2.00. The lowest BCUT2D eigenvalue weighted by molar-refractivity contribution is 1.41. The molecule has 0 saturated carbocycles. The number of alkyl halides is 2. The van der Waals surface area contributed by atoms with Crippen molar-refractivity contribution < 1.29 is 0 Å². The minimum atomic E-state index is 0.248. The highest BCUT2D eigenvalue weighted by molar-refractivity contribution is 9.24. The van der Waals surface area contributed by atoms with Crippen LogP contribution < -0.4 is 0 Å². The van der Waals surface area contributed by atoms with Crippen molar-refractivity contribution >= 4 is 47.8 Å². The molecular formula is C7H5Br3. The number of hydrogen-bond acceptors (Lipinski definition) is 0. The first-order valence-corrected chi connectivity index (χ1v) is 5.36. The summed E-state index contributed by atoms with van der Waals surface area (Å²) in [6.45, 7) is 0. The van der Waals surface area contributed by atoms with E-state index in [1.165, 1.54) is 5.56 Å². The summed E-state index contributed by atoms with van der Waals surface area (Å²) >= 11 is 10.2. The fourth-order valence-electron chi connectivity index (χ4n) is 0.642. The van der Waals surface area contributed by atoms with Crippen molar-refractivity contribution in [1.82, 2.24) is 0 Å². The van der Waals surface area contributed by atoms with Gasteiger partial charge in [-0.2, -0.15) is 0 Å². The van der Waals surface area contributed by atoms with E-state index in [4.69, 9.17) is 0 Å². The molecule has 54 valence electrons. The van der Waals surface area contributed by atoms with Crippen molar-refractivity contribution in [3.05, 3.63) is 34.3 Å². The summed E-state index contributed by atoms with van der Waals surface area (Å²) < 4.78 is 1.35. The van der Waals surface area contributed by atoms with Gasteiger partial charge in [-0.1, -0.05) is 59.9 Å². The molecular weight excluding hydrogens is 324 g/mol. The van der Waals surface area contributed by atoms with Crippen LogP contribution in [0.25, 0.3) is 0 Å². The zero-order chi connectivity index (χ0) is 7.56. The Labute approximate surface area is 85.4 Å². The molecule has 1 aromatic rings. The van der Waals surface area contributed by atoms with Crippen LogP contribution in [0.2, 0.25) is 0 Å². The van der Waals surface area contributed by atoms with Crippen LogP contribution in [0.15, 0.2) is 28.7 Å². The Hall–Kier alpha value is 0.660. The average molecular weight is 329 g/mol. The van der Waals surface area contributed by atoms with Crippen molar-refractivity contribution in [1.29, 1.82) is 0 Å². The van der Waals surface area contributed by atoms with Gasteiger partial charge >= 0.3 is 0 Å². The minimum absolute atomic E-state index is 0.248. The molecule has 1 rings (SSSR count). The quantitative estimate of drug-likeness (QED) is 0.676. The lowest BCUT2D eigenvalue weighted by atomic mass is 10.2. The standard InChI is InChI=1S/C7H5Br3/c8-6-3-1-2-5(4-6)7(9)10/h1-4,7H. The third-order valence-corrected chi connectivity index (χ3v) is 2.65. The van der Waals surface area contributed by atoms with Crippen LogP contribution in [0.3, 0.4) is 0 Å². The van der Waals surface area contributed by atoms with Crippen LogP contribution >= 0.6 is 47.8 Å². The molecule has 0 heterocycles. The summed E-state index contributed by atoms with van der Waals surface area (Å²) in [4.78, 5) is 0. The van der Waals surface area contributed by atoms with Gasteiger partial charge in [0.15, 0.2) is 0 Å². The molecule has 0 unspecified atom stereocenters. The third kappa shape index (κ3) is 2.36. The van der Waals surface area contributed by atoms with E-state index < -0.39 is 0 Å². The molecule has 0 amide bonds. The van der Waals surface area contributed by atoms with Crippen molar-refractivity contribution in [2.45, 2.75) is 3.74 Å². The van der Waals surface area contributed by atoms with Crippen LogP contribution in [-0.4, -0.2) is 0 Å². The van der Waals surface area contributed by atoms with Gasteiger partial charge in [-0.15, -0.1) is 0 Å². The highest BCUT2D eigenvalue weighted by atomic mass is 79.9. The summed E-state index contributed by atoms with van der Waals surface area (Å²) in [6.07, 6.45) is 0. The monoisotopic (exact) mass is 326 g/mol. The Bertz CT molecular complexity index is 220. The topological polar surface area (TPSA) is 0 Å². The molecule has 0 bridgehead atoms. The first-order chi connectivity index (χ1) is 4.70. The van der Waals surface area contributed by atoms with E-state index in [9.17, 15) is 0 Å². The largest absolute Gasteiger partial charge is 0.0946 e. The maximum Gasteiger partial charge on any atom is 0.0946 e. The average Bonchev–Trinajstić information content (AvgIpc) is 1.88. The van der Waals surface area contributed by atoms with E-state index in [0.717, 1.165) is 4.47 Å². The molecule has 0 saturated heterocycles. The highest BCUT2D eigenvalue weighted by Crippen LogP contribution is 2.30. The second kappa shape index (κ2) is 3.88. The van der Waals surface area contributed by atoms with Gasteiger partial charge in [0.2, 0.25) is 0 Å². The number of hydrogen-bond donors (Lipinski definition) is 0. The van der Waals surface area contributed by atoms with Gasteiger partial charge in [-0.3, -0.25) is 0 Å². The van der Waals surface area contributed by atoms with Gasteiger partial charge < -0.3 is 0 Å². The molecule has 0 fully saturated rings. The molecule has 0 radical (unpaired) electrons. The number of benzene rings is 1. The van der Waals surface area contributed by atoms with Gasteiger partial charge in [0.25, 0.3) is 0 Å². The van der Waals surface area contributed by atoms with Crippen molar-refractivity contribution in [2.75, 3.05) is 0 Å². The fraction of sp³-hybridized carbons (Fsp3) is 0.143. The van der Waals surface area contributed by atoms with Crippen LogP contribution in [0.5, 0.6) is 0 Å². The molecule has 0 aliphatic carbocycles. The zero-order valence-electron chi connectivity index (χ0n) is 5.02. The minimum Gasteiger partial charge on any atom is -0.0712 e. The van der Waals surface area contributed by atoms with Gasteiger partial charge in [-0.25, -0.2) is 0 Å². The SMILES string of the molecule is Brc1cccc(C(Br)Br)c1. The summed E-state index contributed by atoms with van der Waals surface area (Å²) in [5.41, 5.74) is 1.22. The lowest BCUT2D eigenvalue weighted by Crippen LogP contribution is -1.77. The second-order valence-electron chi connectivity index (χ2n) is 1.86. The summed E-state index contributed by atoms with van der Waals surface area (Å²) in [5, 5.41) is 0. The van der Waals surface area contributed by atoms with Gasteiger partial charge in [0.1, 0.15) is 0 Å². The van der Waals surface area contributed by atoms with Crippen LogP contribution in [0, 0.1) is 0 Å². The zero-order valence-corrected chi connectivity index (χ0v) is 9.78. The second-order valence-corrected chi connectivity index (χ2v) is 5.83. The number of rotatable bonds is 1. The highest BCUT2D eigenvalue weighted by Gasteiger charge is 2.00. The molecule has 0 N–H and O–H groups in total. The molecule has 0 aliphatic rings. The molecule has 3 heteroatoms. The Morgan fingerprint density at radius 2 is 1.90 bits per heavy atom. The Morgan fingerprint density at radius 1 is 1.20 bits per heavy atom. The first kappa shape index (κ1) is 8.75. The van der Waals surface area contributed by atoms with E-state index in [2.05, 4.69) is 59.9 Å². The summed E-state index contributed by atoms with van der Waals surface area (Å²) in [5.74, 6) is 0. The van der Waals surface area contributed by atoms with Crippen LogP contribution in [0.1, 0.15) is 9.30 Å². The van der Waals surface area contributed by atoms with Gasteiger partial charge in [0, 0.05) is 4.47 Å². The van der Waals surface area contributed by atoms with Gasteiger partial charge in [0.05, 0.1) is 3.74 Å². The molecule has 0 nitrogen and oxygen atoms in total. The first-order valence-electron chi connectivity index (χ1n) is 2.74. The van der Waals surface area contributed by atoms with E-state index in [-0.39, 0.29) is 3.74 Å². The van der Waals surface area contributed by atoms with E-state index in [0.29, 0.717) is 0 Å². The maximum atomic E-state index is 3.41. The molecule has 1 aromatic carbocycles. The van der Waals surface area contributed by atoms with Gasteiger partial charge in [-0.05, 0) is 17.7 Å². The molecule has 10 heavy (non-hydrogen) atoms. The predicted molar refractivity (Wildman–Crippen MR) is 54.7 cm³/mol. The fourth-order valence-corrected chi connectivity index (χ4v) is 1.63. The normalized spacial score (nSPS) is 10.4. The molecule has 0 aliphatic heterocycles. The predicted octanol–water partition coefficient (Wildman–Crippen LogP) is 4.24. The van der Waals surface area contributed by atoms with Crippen molar-refractivity contribution in [2.24, 2.45) is 0 Å². The van der Waals surface area contributed by atoms with E-state index in [1.807, 2.05) is 12.1 Å². The Kier molecular flexibility index (Phi) is 3.40. The maximum absolute atomic E-state index is 3.41. The number of halogens is 3. The van der Waals surface area contributed by atoms with Crippen LogP contribution in [-0.2, 0) is 0 Å². The van der Waals surface area contributed by atoms with E-state index >= 15 is 0 Å². The van der Waals surface area contributed by atoms with Crippen LogP contribution in [0.4, 0.5) is 0 Å². The van der Waals surface area contributed by atoms with Crippen molar-refractivity contribution in [3.8, 4) is 0 Å². The third-order valence-electron chi connectivity index (χ3n) is 1.10. The Balaban J connectivity index is 2.96. The molecule has 0 spiro atoms. The molecule has 0 aromatic heterocycles. The van der Waals surface area contributed by atoms with Crippen molar-refractivity contribution in [3.63, 3.8) is 0 Å².